The van der Waals surface area contributed by atoms with Crippen LogP contribution in [-0.2, 0) is 4.79 Å². The molecule has 2 aromatic rings. The minimum atomic E-state index is -1.06. The van der Waals surface area contributed by atoms with Gasteiger partial charge in [-0.3, -0.25) is 14.5 Å². The number of nitrogens with one attached hydrogen (secondary N) is 1. The molecule has 0 saturated carbocycles. The maximum absolute atomic E-state index is 14.6. The van der Waals surface area contributed by atoms with Crippen LogP contribution in [-0.4, -0.2) is 34.7 Å². The van der Waals surface area contributed by atoms with Gasteiger partial charge in [0.25, 0.3) is 5.91 Å². The summed E-state index contributed by atoms with van der Waals surface area (Å²) in [6.07, 6.45) is 1.29. The Balaban J connectivity index is 1.97. The van der Waals surface area contributed by atoms with Crippen LogP contribution >= 0.6 is 0 Å². The normalized spacial score (nSPS) is 18.6. The van der Waals surface area contributed by atoms with Crippen LogP contribution in [0.1, 0.15) is 35.9 Å². The number of carbonyl (C=O) groups is 2. The topological polar surface area (TPSA) is 101 Å². The fraction of sp³-hybridized carbons (Fsp3) is 0.263. The van der Waals surface area contributed by atoms with Crippen molar-refractivity contribution in [3.63, 3.8) is 0 Å². The molecule has 1 atom stereocenters. The van der Waals surface area contributed by atoms with E-state index in [1.807, 2.05) is 0 Å². The third-order valence-electron chi connectivity index (χ3n) is 4.67. The molecule has 146 valence electrons. The van der Waals surface area contributed by atoms with Crippen molar-refractivity contribution in [1.82, 2.24) is 9.88 Å². The third-order valence-corrected chi connectivity index (χ3v) is 4.67. The van der Waals surface area contributed by atoms with Gasteiger partial charge in [0.05, 0.1) is 11.5 Å². The van der Waals surface area contributed by atoms with Crippen molar-refractivity contribution in [2.75, 3.05) is 12.4 Å². The first kappa shape index (κ1) is 19.4. The molecule has 3 N–H and O–H groups in total. The maximum atomic E-state index is 14.6. The molecule has 0 saturated heterocycles. The zero-order valence-corrected chi connectivity index (χ0v) is 15.5. The summed E-state index contributed by atoms with van der Waals surface area (Å²) in [5, 5.41) is 2.48. The Bertz CT molecular complexity index is 990. The second-order valence-corrected chi connectivity index (χ2v) is 7.00. The molecule has 0 aliphatic carbocycles. The summed E-state index contributed by atoms with van der Waals surface area (Å²) in [6, 6.07) is 5.42. The van der Waals surface area contributed by atoms with Crippen molar-refractivity contribution in [2.45, 2.75) is 19.9 Å². The average molecular weight is 387 g/mol. The Morgan fingerprint density at radius 1 is 1.25 bits per heavy atom. The molecule has 1 aliphatic rings. The van der Waals surface area contributed by atoms with E-state index in [-0.39, 0.29) is 28.8 Å². The number of aromatic nitrogens is 1. The molecule has 7 nitrogen and oxygen atoms in total. The summed E-state index contributed by atoms with van der Waals surface area (Å²) < 4.78 is 28.3. The molecule has 2 amide bonds. The van der Waals surface area contributed by atoms with Crippen molar-refractivity contribution in [2.24, 2.45) is 16.1 Å². The summed E-state index contributed by atoms with van der Waals surface area (Å²) in [6.45, 7) is 3.28. The minimum Gasteiger partial charge on any atom is -0.369 e. The lowest BCUT2D eigenvalue weighted by Crippen LogP contribution is -2.51. The Morgan fingerprint density at radius 3 is 2.64 bits per heavy atom. The molecule has 1 aliphatic heterocycles. The zero-order chi connectivity index (χ0) is 20.6. The summed E-state index contributed by atoms with van der Waals surface area (Å²) >= 11 is 0. The van der Waals surface area contributed by atoms with E-state index in [2.05, 4.69) is 15.3 Å². The predicted molar refractivity (Wildman–Crippen MR) is 99.5 cm³/mol. The van der Waals surface area contributed by atoms with Crippen molar-refractivity contribution in [3.05, 3.63) is 59.4 Å². The lowest BCUT2D eigenvalue weighted by molar-refractivity contribution is -0.137. The Kier molecular flexibility index (Phi) is 4.84. The number of carbonyl (C=O) groups excluding carboxylic acids is 2. The van der Waals surface area contributed by atoms with Crippen molar-refractivity contribution >= 4 is 23.5 Å². The number of benzene rings is 1. The Hall–Kier alpha value is -3.36. The number of amides is 2. The van der Waals surface area contributed by atoms with Crippen LogP contribution in [0.2, 0.25) is 0 Å². The molecule has 28 heavy (non-hydrogen) atoms. The van der Waals surface area contributed by atoms with Crippen molar-refractivity contribution < 1.29 is 18.4 Å². The van der Waals surface area contributed by atoms with Crippen LogP contribution in [0.15, 0.2) is 41.5 Å². The highest BCUT2D eigenvalue weighted by Crippen LogP contribution is 2.42. The third kappa shape index (κ3) is 3.30. The van der Waals surface area contributed by atoms with Gasteiger partial charge in [-0.2, -0.15) is 0 Å². The van der Waals surface area contributed by atoms with Crippen LogP contribution in [0, 0.1) is 17.0 Å². The molecule has 2 heterocycles. The minimum absolute atomic E-state index is 0.0290. The SMILES string of the molecule is CN1C(=O)C(C)(C)C(c2cc(NC(=O)c3ncccc3F)ccc2F)N=C1N. The highest BCUT2D eigenvalue weighted by atomic mass is 19.1. The first-order valence-electron chi connectivity index (χ1n) is 8.45. The van der Waals surface area contributed by atoms with E-state index >= 15 is 0 Å². The molecule has 3 rings (SSSR count). The van der Waals surface area contributed by atoms with E-state index in [1.165, 1.54) is 36.3 Å². The van der Waals surface area contributed by atoms with Gasteiger partial charge in [-0.05, 0) is 44.2 Å². The lowest BCUT2D eigenvalue weighted by Gasteiger charge is -2.38. The standard InChI is InChI=1S/C19H19F2N5O2/c1-19(2)15(25-18(22)26(3)17(19)28)11-9-10(6-7-12(11)20)24-16(27)14-13(21)5-4-8-23-14/h4-9,15H,1-3H3,(H2,22,25)(H,24,27). The van der Waals surface area contributed by atoms with Gasteiger partial charge in [0, 0.05) is 24.5 Å². The summed E-state index contributed by atoms with van der Waals surface area (Å²) in [5.41, 5.74) is 4.65. The monoisotopic (exact) mass is 387 g/mol. The van der Waals surface area contributed by atoms with E-state index in [0.29, 0.717) is 0 Å². The number of anilines is 1. The number of nitrogens with two attached hydrogens (primary N) is 1. The molecule has 1 unspecified atom stereocenters. The number of rotatable bonds is 3. The van der Waals surface area contributed by atoms with Crippen LogP contribution in [0.5, 0.6) is 0 Å². The number of pyridine rings is 1. The van der Waals surface area contributed by atoms with Crippen molar-refractivity contribution in [1.29, 1.82) is 0 Å². The van der Waals surface area contributed by atoms with Gasteiger partial charge >= 0.3 is 0 Å². The van der Waals surface area contributed by atoms with Gasteiger partial charge < -0.3 is 11.1 Å². The van der Waals surface area contributed by atoms with Crippen molar-refractivity contribution in [3.8, 4) is 0 Å². The van der Waals surface area contributed by atoms with E-state index in [1.54, 1.807) is 13.8 Å². The molecule has 1 aromatic carbocycles. The van der Waals surface area contributed by atoms with Crippen LogP contribution in [0.25, 0.3) is 0 Å². The van der Waals surface area contributed by atoms with E-state index in [0.717, 1.165) is 12.1 Å². The molecule has 0 radical (unpaired) electrons. The van der Waals surface area contributed by atoms with Crippen LogP contribution in [0.3, 0.4) is 0 Å². The quantitative estimate of drug-likeness (QED) is 0.845. The fourth-order valence-corrected chi connectivity index (χ4v) is 3.07. The number of guanidine groups is 1. The Morgan fingerprint density at radius 2 is 1.96 bits per heavy atom. The first-order chi connectivity index (χ1) is 13.1. The lowest BCUT2D eigenvalue weighted by atomic mass is 9.78. The number of aliphatic imine (C=N–C) groups is 1. The average Bonchev–Trinajstić information content (AvgIpc) is 2.65. The smallest absolute Gasteiger partial charge is 0.277 e. The van der Waals surface area contributed by atoms with Gasteiger partial charge in [-0.1, -0.05) is 0 Å². The molecule has 0 bridgehead atoms. The predicted octanol–water partition coefficient (Wildman–Crippen LogP) is 2.47. The van der Waals surface area contributed by atoms with Gasteiger partial charge in [0.1, 0.15) is 5.82 Å². The Labute approximate surface area is 160 Å². The van der Waals surface area contributed by atoms with Crippen LogP contribution < -0.4 is 11.1 Å². The highest BCUT2D eigenvalue weighted by molar-refractivity contribution is 6.03. The summed E-state index contributed by atoms with van der Waals surface area (Å²) in [7, 11) is 1.49. The van der Waals surface area contributed by atoms with Gasteiger partial charge in [-0.15, -0.1) is 0 Å². The van der Waals surface area contributed by atoms with Gasteiger partial charge in [0.2, 0.25) is 5.91 Å². The van der Waals surface area contributed by atoms with E-state index < -0.39 is 29.0 Å². The van der Waals surface area contributed by atoms with E-state index in [9.17, 15) is 18.4 Å². The number of hydrogen-bond acceptors (Lipinski definition) is 5. The number of halogens is 2. The molecule has 0 fully saturated rings. The molecule has 9 heteroatoms. The summed E-state index contributed by atoms with van der Waals surface area (Å²) in [5.74, 6) is -2.50. The molecular formula is C19H19F2N5O2. The summed E-state index contributed by atoms with van der Waals surface area (Å²) in [4.78, 5) is 34.0. The van der Waals surface area contributed by atoms with E-state index in [4.69, 9.17) is 5.73 Å². The largest absolute Gasteiger partial charge is 0.369 e. The zero-order valence-electron chi connectivity index (χ0n) is 15.5. The molecule has 0 spiro atoms. The fourth-order valence-electron chi connectivity index (χ4n) is 3.07. The number of nitrogens with zero attached hydrogens (tertiary/aromatic N) is 3. The first-order valence-corrected chi connectivity index (χ1v) is 8.45. The second-order valence-electron chi connectivity index (χ2n) is 7.00. The van der Waals surface area contributed by atoms with Gasteiger partial charge in [0.15, 0.2) is 17.5 Å². The maximum Gasteiger partial charge on any atom is 0.277 e. The second kappa shape index (κ2) is 6.99. The highest BCUT2D eigenvalue weighted by Gasteiger charge is 2.45. The molecular weight excluding hydrogens is 368 g/mol. The van der Waals surface area contributed by atoms with Gasteiger partial charge in [-0.25, -0.2) is 18.8 Å². The molecule has 1 aromatic heterocycles. The van der Waals surface area contributed by atoms with Crippen LogP contribution in [0.4, 0.5) is 14.5 Å². The number of hydrogen-bond donors (Lipinski definition) is 2.